The minimum Gasteiger partial charge on any atom is -0.467 e. The second-order valence-electron chi connectivity index (χ2n) is 6.26. The molecule has 2 aromatic rings. The lowest BCUT2D eigenvalue weighted by molar-refractivity contribution is 0.340. The first-order valence-electron chi connectivity index (χ1n) is 8.43. The van der Waals surface area contributed by atoms with E-state index in [4.69, 9.17) is 9.47 Å². The molecule has 0 radical (unpaired) electrons. The van der Waals surface area contributed by atoms with Crippen molar-refractivity contribution < 1.29 is 9.47 Å². The molecule has 0 aromatic carbocycles. The zero-order chi connectivity index (χ0) is 17.2. The molecule has 9 nitrogen and oxygen atoms in total. The first-order valence-corrected chi connectivity index (χ1v) is 8.43. The normalized spacial score (nSPS) is 19.8. The van der Waals surface area contributed by atoms with Crippen molar-refractivity contribution in [1.29, 1.82) is 0 Å². The van der Waals surface area contributed by atoms with Crippen LogP contribution in [-0.2, 0) is 0 Å². The quantitative estimate of drug-likeness (QED) is 0.830. The summed E-state index contributed by atoms with van der Waals surface area (Å²) in [5.41, 5.74) is 0. The van der Waals surface area contributed by atoms with Crippen LogP contribution in [0.5, 0.6) is 12.0 Å². The molecule has 1 saturated heterocycles. The number of anilines is 2. The molecule has 3 heterocycles. The minimum atomic E-state index is 0.253. The molecule has 4 rings (SSSR count). The second-order valence-corrected chi connectivity index (χ2v) is 6.26. The van der Waals surface area contributed by atoms with E-state index < -0.39 is 0 Å². The van der Waals surface area contributed by atoms with Crippen molar-refractivity contribution in [3.63, 3.8) is 0 Å². The zero-order valence-electron chi connectivity index (χ0n) is 14.3. The lowest BCUT2D eigenvalue weighted by Crippen LogP contribution is -2.28. The maximum absolute atomic E-state index is 5.12. The minimum absolute atomic E-state index is 0.253. The Kier molecular flexibility index (Phi) is 4.21. The van der Waals surface area contributed by atoms with Crippen LogP contribution < -0.4 is 19.7 Å². The number of rotatable bonds is 6. The summed E-state index contributed by atoms with van der Waals surface area (Å²) < 4.78 is 10.2. The molecule has 0 amide bonds. The van der Waals surface area contributed by atoms with Crippen LogP contribution in [0.15, 0.2) is 12.3 Å². The Morgan fingerprint density at radius 3 is 2.48 bits per heavy atom. The molecular weight excluding hydrogens is 322 g/mol. The van der Waals surface area contributed by atoms with Gasteiger partial charge in [0.05, 0.1) is 14.2 Å². The Bertz CT molecular complexity index is 731. The SMILES string of the molecule is COc1nc(OC)nc(N2CCC(Nc3ccnc(C4CC4)n3)C2)n1. The van der Waals surface area contributed by atoms with Crippen molar-refractivity contribution >= 4 is 11.8 Å². The lowest BCUT2D eigenvalue weighted by Gasteiger charge is -2.18. The van der Waals surface area contributed by atoms with Gasteiger partial charge in [0.15, 0.2) is 0 Å². The molecule has 1 aliphatic carbocycles. The average Bonchev–Trinajstić information content (AvgIpc) is 3.41. The van der Waals surface area contributed by atoms with Crippen LogP contribution in [0.1, 0.15) is 31.0 Å². The van der Waals surface area contributed by atoms with E-state index in [0.29, 0.717) is 11.9 Å². The maximum Gasteiger partial charge on any atom is 0.324 e. The molecule has 1 aliphatic heterocycles. The fourth-order valence-electron chi connectivity index (χ4n) is 2.91. The van der Waals surface area contributed by atoms with Crippen molar-refractivity contribution in [2.75, 3.05) is 37.5 Å². The van der Waals surface area contributed by atoms with Crippen LogP contribution in [0.2, 0.25) is 0 Å². The van der Waals surface area contributed by atoms with Crippen molar-refractivity contribution in [2.45, 2.75) is 31.2 Å². The van der Waals surface area contributed by atoms with E-state index in [-0.39, 0.29) is 18.1 Å². The molecule has 1 atom stereocenters. The van der Waals surface area contributed by atoms with Crippen molar-refractivity contribution in [2.24, 2.45) is 0 Å². The van der Waals surface area contributed by atoms with E-state index in [9.17, 15) is 0 Å². The van der Waals surface area contributed by atoms with E-state index in [1.165, 1.54) is 27.1 Å². The number of nitrogens with one attached hydrogen (secondary N) is 1. The molecule has 2 aliphatic rings. The van der Waals surface area contributed by atoms with E-state index >= 15 is 0 Å². The summed E-state index contributed by atoms with van der Waals surface area (Å²) in [6.07, 6.45) is 5.20. The fraction of sp³-hybridized carbons (Fsp3) is 0.562. The number of aromatic nitrogens is 5. The molecule has 9 heteroatoms. The molecule has 25 heavy (non-hydrogen) atoms. The van der Waals surface area contributed by atoms with Gasteiger partial charge in [-0.3, -0.25) is 0 Å². The zero-order valence-corrected chi connectivity index (χ0v) is 14.3. The van der Waals surface area contributed by atoms with Crippen LogP contribution in [0, 0.1) is 0 Å². The molecule has 2 fully saturated rings. The van der Waals surface area contributed by atoms with Gasteiger partial charge < -0.3 is 19.7 Å². The topological polar surface area (TPSA) is 98.2 Å². The van der Waals surface area contributed by atoms with Gasteiger partial charge in [0.1, 0.15) is 11.6 Å². The fourth-order valence-corrected chi connectivity index (χ4v) is 2.91. The Balaban J connectivity index is 1.43. The Hall–Kier alpha value is -2.71. The van der Waals surface area contributed by atoms with Gasteiger partial charge in [-0.05, 0) is 25.3 Å². The van der Waals surface area contributed by atoms with Gasteiger partial charge in [-0.2, -0.15) is 9.97 Å². The summed E-state index contributed by atoms with van der Waals surface area (Å²) in [5.74, 6) is 2.95. The first kappa shape index (κ1) is 15.8. The number of nitrogens with zero attached hydrogens (tertiary/aromatic N) is 6. The second kappa shape index (κ2) is 6.66. The van der Waals surface area contributed by atoms with Gasteiger partial charge in [0, 0.05) is 31.2 Å². The highest BCUT2D eigenvalue weighted by Gasteiger charge is 2.28. The average molecular weight is 343 g/mol. The van der Waals surface area contributed by atoms with Crippen molar-refractivity contribution in [3.05, 3.63) is 18.1 Å². The third-order valence-electron chi connectivity index (χ3n) is 4.39. The monoisotopic (exact) mass is 343 g/mol. The van der Waals surface area contributed by atoms with E-state index in [2.05, 4.69) is 35.1 Å². The molecule has 1 N–H and O–H groups in total. The number of ether oxygens (including phenoxy) is 2. The van der Waals surface area contributed by atoms with Gasteiger partial charge in [-0.1, -0.05) is 0 Å². The van der Waals surface area contributed by atoms with Crippen molar-refractivity contribution in [1.82, 2.24) is 24.9 Å². The summed E-state index contributed by atoms with van der Waals surface area (Å²) in [4.78, 5) is 23.7. The van der Waals surface area contributed by atoms with E-state index in [1.807, 2.05) is 12.3 Å². The summed E-state index contributed by atoms with van der Waals surface area (Å²) in [7, 11) is 3.05. The molecule has 1 saturated carbocycles. The largest absolute Gasteiger partial charge is 0.467 e. The van der Waals surface area contributed by atoms with Crippen molar-refractivity contribution in [3.8, 4) is 12.0 Å². The van der Waals surface area contributed by atoms with E-state index in [1.54, 1.807) is 0 Å². The smallest absolute Gasteiger partial charge is 0.324 e. The Morgan fingerprint density at radius 2 is 1.80 bits per heavy atom. The molecular formula is C16H21N7O2. The Labute approximate surface area is 145 Å². The molecule has 0 spiro atoms. The highest BCUT2D eigenvalue weighted by atomic mass is 16.5. The van der Waals surface area contributed by atoms with Crippen LogP contribution in [-0.4, -0.2) is 58.3 Å². The molecule has 1 unspecified atom stereocenters. The summed E-state index contributed by atoms with van der Waals surface area (Å²) >= 11 is 0. The standard InChI is InChI=1S/C16H21N7O2/c1-24-15-20-14(21-16(22-15)25-2)23-8-6-11(9-23)18-12-5-7-17-13(19-12)10-3-4-10/h5,7,10-11H,3-4,6,8-9H2,1-2H3,(H,17,18,19). The van der Waals surface area contributed by atoms with Crippen LogP contribution in [0.3, 0.4) is 0 Å². The molecule has 2 aromatic heterocycles. The van der Waals surface area contributed by atoms with Gasteiger partial charge in [-0.25, -0.2) is 9.97 Å². The molecule has 0 bridgehead atoms. The predicted molar refractivity (Wildman–Crippen MR) is 91.2 cm³/mol. The molecule has 132 valence electrons. The summed E-state index contributed by atoms with van der Waals surface area (Å²) in [6.45, 7) is 1.62. The number of hydrogen-bond donors (Lipinski definition) is 1. The van der Waals surface area contributed by atoms with E-state index in [0.717, 1.165) is 31.2 Å². The van der Waals surface area contributed by atoms with Crippen LogP contribution in [0.4, 0.5) is 11.8 Å². The first-order chi connectivity index (χ1) is 12.2. The van der Waals surface area contributed by atoms with Gasteiger partial charge >= 0.3 is 12.0 Å². The lowest BCUT2D eigenvalue weighted by atomic mass is 10.2. The van der Waals surface area contributed by atoms with Crippen LogP contribution >= 0.6 is 0 Å². The van der Waals surface area contributed by atoms with Gasteiger partial charge in [0.25, 0.3) is 0 Å². The highest BCUT2D eigenvalue weighted by Crippen LogP contribution is 2.38. The number of methoxy groups -OCH3 is 2. The van der Waals surface area contributed by atoms with Gasteiger partial charge in [-0.15, -0.1) is 4.98 Å². The third-order valence-corrected chi connectivity index (χ3v) is 4.39. The van der Waals surface area contributed by atoms with Gasteiger partial charge in [0.2, 0.25) is 5.95 Å². The Morgan fingerprint density at radius 1 is 1.04 bits per heavy atom. The third kappa shape index (κ3) is 3.54. The van der Waals surface area contributed by atoms with Crippen LogP contribution in [0.25, 0.3) is 0 Å². The maximum atomic E-state index is 5.12. The predicted octanol–water partition coefficient (Wildman–Crippen LogP) is 1.25. The highest BCUT2D eigenvalue weighted by molar-refractivity contribution is 5.40. The summed E-state index contributed by atoms with van der Waals surface area (Å²) in [5, 5.41) is 3.49. The number of hydrogen-bond acceptors (Lipinski definition) is 9. The summed E-state index contributed by atoms with van der Waals surface area (Å²) in [6, 6.07) is 2.70.